The normalized spacial score (nSPS) is 19.2. The lowest BCUT2D eigenvalue weighted by Crippen LogP contribution is -2.56. The number of sulfone groups is 1. The molecule has 1 unspecified atom stereocenters. The van der Waals surface area contributed by atoms with Crippen molar-refractivity contribution in [2.75, 3.05) is 39.3 Å². The number of aromatic nitrogens is 1. The number of likely N-dealkylation sites (tertiary alicyclic amines) is 1. The molecule has 5 rings (SSSR count). The summed E-state index contributed by atoms with van der Waals surface area (Å²) in [6.45, 7) is 0.366. The third-order valence-electron chi connectivity index (χ3n) is 9.00. The van der Waals surface area contributed by atoms with Crippen molar-refractivity contribution in [2.45, 2.75) is 47.5 Å². The average Bonchev–Trinajstić information content (AvgIpc) is 3.51. The van der Waals surface area contributed by atoms with Crippen LogP contribution >= 0.6 is 11.6 Å². The van der Waals surface area contributed by atoms with E-state index in [2.05, 4.69) is 9.72 Å². The molecule has 3 aromatic rings. The Kier molecular flexibility index (Phi) is 10.2. The van der Waals surface area contributed by atoms with Crippen molar-refractivity contribution in [3.8, 4) is 0 Å². The molecule has 2 aromatic carbocycles. The summed E-state index contributed by atoms with van der Waals surface area (Å²) in [6.07, 6.45) is -11.3. The molecule has 0 radical (unpaired) electrons. The van der Waals surface area contributed by atoms with Gasteiger partial charge in [-0.2, -0.15) is 26.3 Å². The lowest BCUT2D eigenvalue weighted by atomic mass is 9.88. The van der Waals surface area contributed by atoms with Crippen LogP contribution in [-0.4, -0.2) is 91.7 Å². The van der Waals surface area contributed by atoms with Gasteiger partial charge in [0.25, 0.3) is 5.60 Å². The second kappa shape index (κ2) is 13.6. The molecule has 1 aromatic heterocycles. The number of benzene rings is 2. The molecule has 2 saturated heterocycles. The van der Waals surface area contributed by atoms with Crippen molar-refractivity contribution in [3.05, 3.63) is 94.5 Å². The molecule has 3 heterocycles. The van der Waals surface area contributed by atoms with Crippen molar-refractivity contribution in [1.29, 1.82) is 0 Å². The molecule has 1 atom stereocenters. The molecule has 0 N–H and O–H groups in total. The van der Waals surface area contributed by atoms with Gasteiger partial charge in [0.2, 0.25) is 5.91 Å². The standard InChI is InChI=1S/C32H30ClF7N4O5S/c1-21(45)42-14-16-43(17-15-42)28(46)44-13-11-29(20-44,50(47,48)26-8-6-25(34)7-9-26)23-2-4-24(5-3-23)30(31(35,36)37,32(38,39)40)49-19-22-10-12-41-27(33)18-22/h2-10,12,18H,11,13-17,19-20H2,1H3. The first-order chi connectivity index (χ1) is 23.3. The van der Waals surface area contributed by atoms with Gasteiger partial charge in [0.05, 0.1) is 11.5 Å². The van der Waals surface area contributed by atoms with Gasteiger partial charge in [-0.05, 0) is 53.9 Å². The average molecular weight is 751 g/mol. The van der Waals surface area contributed by atoms with E-state index in [0.717, 1.165) is 54.7 Å². The number of rotatable bonds is 7. The number of alkyl halides is 6. The second-order valence-electron chi connectivity index (χ2n) is 11.9. The summed E-state index contributed by atoms with van der Waals surface area (Å²) in [7, 11) is -4.57. The number of carbonyl (C=O) groups is 2. The van der Waals surface area contributed by atoms with Gasteiger partial charge in [-0.1, -0.05) is 35.9 Å². The minimum absolute atomic E-state index is 0.123. The number of carbonyl (C=O) groups excluding carboxylic acids is 2. The zero-order valence-electron chi connectivity index (χ0n) is 26.3. The van der Waals surface area contributed by atoms with Crippen molar-refractivity contribution in [1.82, 2.24) is 19.7 Å². The predicted octanol–water partition coefficient (Wildman–Crippen LogP) is 6.07. The molecule has 2 aliphatic heterocycles. The lowest BCUT2D eigenvalue weighted by Gasteiger charge is -2.38. The Labute approximate surface area is 287 Å². The maximum absolute atomic E-state index is 14.6. The molecular weight excluding hydrogens is 721 g/mol. The summed E-state index contributed by atoms with van der Waals surface area (Å²) in [5, 5.41) is -0.185. The van der Waals surface area contributed by atoms with Gasteiger partial charge in [0.15, 0.2) is 9.84 Å². The van der Waals surface area contributed by atoms with Crippen molar-refractivity contribution >= 4 is 33.4 Å². The van der Waals surface area contributed by atoms with Gasteiger partial charge >= 0.3 is 18.4 Å². The zero-order chi connectivity index (χ0) is 36.7. The zero-order valence-corrected chi connectivity index (χ0v) is 27.8. The van der Waals surface area contributed by atoms with E-state index in [-0.39, 0.29) is 66.2 Å². The molecule has 18 heteroatoms. The Bertz CT molecular complexity index is 1820. The number of hydrogen-bond donors (Lipinski definition) is 0. The first kappa shape index (κ1) is 37.3. The Hall–Kier alpha value is -3.96. The first-order valence-corrected chi connectivity index (χ1v) is 17.0. The fourth-order valence-corrected chi connectivity index (χ4v) is 8.55. The molecule has 2 fully saturated rings. The Balaban J connectivity index is 1.55. The number of nitrogens with zero attached hydrogens (tertiary/aromatic N) is 4. The van der Waals surface area contributed by atoms with Crippen LogP contribution in [0, 0.1) is 5.82 Å². The lowest BCUT2D eigenvalue weighted by molar-refractivity contribution is -0.392. The number of pyridine rings is 1. The van der Waals surface area contributed by atoms with E-state index < -0.39 is 63.1 Å². The van der Waals surface area contributed by atoms with E-state index in [1.54, 1.807) is 0 Å². The van der Waals surface area contributed by atoms with Gasteiger partial charge in [-0.15, -0.1) is 0 Å². The molecule has 0 aliphatic carbocycles. The molecule has 0 spiro atoms. The van der Waals surface area contributed by atoms with Crippen LogP contribution in [0.25, 0.3) is 0 Å². The maximum atomic E-state index is 14.6. The Morgan fingerprint density at radius 3 is 1.98 bits per heavy atom. The summed E-state index contributed by atoms with van der Waals surface area (Å²) in [4.78, 5) is 32.8. The summed E-state index contributed by atoms with van der Waals surface area (Å²) >= 11 is 5.74. The largest absolute Gasteiger partial charge is 0.430 e. The quantitative estimate of drug-likeness (QED) is 0.165. The number of hydrogen-bond acceptors (Lipinski definition) is 6. The fraction of sp³-hybridized carbons (Fsp3) is 0.406. The minimum atomic E-state index is -6.04. The number of amides is 3. The van der Waals surface area contributed by atoms with Crippen LogP contribution in [0.1, 0.15) is 30.0 Å². The smallest absolute Gasteiger partial charge is 0.349 e. The summed E-state index contributed by atoms with van der Waals surface area (Å²) in [6, 6.07) is 8.08. The first-order valence-electron chi connectivity index (χ1n) is 15.1. The van der Waals surface area contributed by atoms with E-state index >= 15 is 0 Å². The number of urea groups is 1. The molecule has 9 nitrogen and oxygen atoms in total. The fourth-order valence-electron chi connectivity index (χ4n) is 6.28. The van der Waals surface area contributed by atoms with Crippen molar-refractivity contribution in [2.24, 2.45) is 0 Å². The van der Waals surface area contributed by atoms with E-state index in [1.807, 2.05) is 0 Å². The van der Waals surface area contributed by atoms with Crippen molar-refractivity contribution < 1.29 is 53.5 Å². The van der Waals surface area contributed by atoms with Gasteiger partial charge in [-0.3, -0.25) is 4.79 Å². The van der Waals surface area contributed by atoms with E-state index in [1.165, 1.54) is 21.6 Å². The van der Waals surface area contributed by atoms with Crippen molar-refractivity contribution in [3.63, 3.8) is 0 Å². The minimum Gasteiger partial charge on any atom is -0.349 e. The van der Waals surface area contributed by atoms with Crippen LogP contribution in [-0.2, 0) is 36.3 Å². The van der Waals surface area contributed by atoms with Crippen LogP contribution < -0.4 is 0 Å². The molecule has 50 heavy (non-hydrogen) atoms. The highest BCUT2D eigenvalue weighted by Crippen LogP contribution is 2.54. The summed E-state index contributed by atoms with van der Waals surface area (Å²) in [5.74, 6) is -0.932. The summed E-state index contributed by atoms with van der Waals surface area (Å²) < 4.78 is 132. The number of halogens is 8. The highest BCUT2D eigenvalue weighted by Gasteiger charge is 2.73. The van der Waals surface area contributed by atoms with E-state index in [0.29, 0.717) is 12.1 Å². The van der Waals surface area contributed by atoms with E-state index in [4.69, 9.17) is 11.6 Å². The maximum Gasteiger partial charge on any atom is 0.430 e. The highest BCUT2D eigenvalue weighted by molar-refractivity contribution is 7.92. The van der Waals surface area contributed by atoms with Gasteiger partial charge in [-0.25, -0.2) is 22.6 Å². The number of piperazine rings is 1. The van der Waals surface area contributed by atoms with Crippen LogP contribution in [0.3, 0.4) is 0 Å². The monoisotopic (exact) mass is 750 g/mol. The van der Waals surface area contributed by atoms with Gasteiger partial charge in [0.1, 0.15) is 15.7 Å². The topological polar surface area (TPSA) is 100 Å². The highest BCUT2D eigenvalue weighted by atomic mass is 35.5. The van der Waals surface area contributed by atoms with Gasteiger partial charge < -0.3 is 19.4 Å². The molecule has 3 amide bonds. The molecule has 270 valence electrons. The van der Waals surface area contributed by atoms with Crippen LogP contribution in [0.2, 0.25) is 5.15 Å². The SMILES string of the molecule is CC(=O)N1CCN(C(=O)N2CCC(c3ccc(C(OCc4ccnc(Cl)c4)(C(F)(F)F)C(F)(F)F)cc3)(S(=O)(=O)c3ccc(F)cc3)C2)CC1. The molecular formula is C32H30ClF7N4O5S. The Morgan fingerprint density at radius 2 is 1.44 bits per heavy atom. The Morgan fingerprint density at radius 1 is 0.860 bits per heavy atom. The predicted molar refractivity (Wildman–Crippen MR) is 165 cm³/mol. The molecule has 0 saturated carbocycles. The third kappa shape index (κ3) is 6.74. The molecule has 2 aliphatic rings. The third-order valence-corrected chi connectivity index (χ3v) is 11.7. The second-order valence-corrected chi connectivity index (χ2v) is 14.6. The number of ether oxygens (including phenoxy) is 1. The summed E-state index contributed by atoms with van der Waals surface area (Å²) in [5.41, 5.74) is -6.52. The van der Waals surface area contributed by atoms with Crippen LogP contribution in [0.5, 0.6) is 0 Å². The van der Waals surface area contributed by atoms with Crippen LogP contribution in [0.15, 0.2) is 71.8 Å². The van der Waals surface area contributed by atoms with E-state index in [9.17, 15) is 48.7 Å². The van der Waals surface area contributed by atoms with Gasteiger partial charge in [0, 0.05) is 58.0 Å². The molecule has 0 bridgehead atoms. The van der Waals surface area contributed by atoms with Crippen LogP contribution in [0.4, 0.5) is 35.5 Å².